The molecule has 1 aliphatic rings. The van der Waals surface area contributed by atoms with Gasteiger partial charge in [0.1, 0.15) is 0 Å². The maximum absolute atomic E-state index is 5.75. The van der Waals surface area contributed by atoms with Gasteiger partial charge in [0.05, 0.1) is 17.4 Å². The van der Waals surface area contributed by atoms with Crippen molar-refractivity contribution in [1.82, 2.24) is 15.2 Å². The standard InChI is InChI=1S/C15H20N4/c16-18-14(11-12-5-4-6-12)15-9-10-17-19(15)13-7-2-1-3-8-13/h1-3,7-10,12,14,18H,4-6,11,16H2. The van der Waals surface area contributed by atoms with Gasteiger partial charge in [-0.15, -0.1) is 0 Å². The Morgan fingerprint density at radius 2 is 2.05 bits per heavy atom. The number of para-hydroxylation sites is 1. The largest absolute Gasteiger partial charge is 0.271 e. The van der Waals surface area contributed by atoms with E-state index >= 15 is 0 Å². The first kappa shape index (κ1) is 12.4. The molecule has 100 valence electrons. The summed E-state index contributed by atoms with van der Waals surface area (Å²) in [5.74, 6) is 6.55. The molecule has 1 aliphatic carbocycles. The van der Waals surface area contributed by atoms with Gasteiger partial charge >= 0.3 is 0 Å². The molecule has 1 aromatic carbocycles. The number of rotatable bonds is 5. The topological polar surface area (TPSA) is 55.9 Å². The van der Waals surface area contributed by atoms with Gasteiger partial charge < -0.3 is 0 Å². The van der Waals surface area contributed by atoms with Crippen molar-refractivity contribution in [1.29, 1.82) is 0 Å². The average molecular weight is 256 g/mol. The monoisotopic (exact) mass is 256 g/mol. The molecule has 0 saturated heterocycles. The summed E-state index contributed by atoms with van der Waals surface area (Å²) in [6.07, 6.45) is 6.96. The molecule has 1 saturated carbocycles. The lowest BCUT2D eigenvalue weighted by atomic mass is 9.80. The fourth-order valence-corrected chi connectivity index (χ4v) is 2.70. The Morgan fingerprint density at radius 1 is 1.26 bits per heavy atom. The molecular weight excluding hydrogens is 236 g/mol. The normalized spacial score (nSPS) is 17.1. The van der Waals surface area contributed by atoms with E-state index in [1.807, 2.05) is 29.1 Å². The molecule has 0 amide bonds. The molecule has 3 N–H and O–H groups in total. The number of hydrogen-bond acceptors (Lipinski definition) is 3. The van der Waals surface area contributed by atoms with Crippen LogP contribution in [0.3, 0.4) is 0 Å². The summed E-state index contributed by atoms with van der Waals surface area (Å²) < 4.78 is 1.98. The van der Waals surface area contributed by atoms with Crippen LogP contribution < -0.4 is 11.3 Å². The molecule has 0 spiro atoms. The van der Waals surface area contributed by atoms with E-state index in [4.69, 9.17) is 5.84 Å². The Morgan fingerprint density at radius 3 is 2.68 bits per heavy atom. The highest BCUT2D eigenvalue weighted by atomic mass is 15.3. The fourth-order valence-electron chi connectivity index (χ4n) is 2.70. The molecule has 4 nitrogen and oxygen atoms in total. The van der Waals surface area contributed by atoms with Gasteiger partial charge in [0.15, 0.2) is 0 Å². The van der Waals surface area contributed by atoms with Gasteiger partial charge in [0.2, 0.25) is 0 Å². The van der Waals surface area contributed by atoms with Crippen LogP contribution in [0, 0.1) is 5.92 Å². The summed E-state index contributed by atoms with van der Waals surface area (Å²) in [5.41, 5.74) is 5.17. The predicted molar refractivity (Wildman–Crippen MR) is 75.6 cm³/mol. The second-order valence-electron chi connectivity index (χ2n) is 5.26. The maximum atomic E-state index is 5.75. The van der Waals surface area contributed by atoms with Gasteiger partial charge in [-0.05, 0) is 30.5 Å². The van der Waals surface area contributed by atoms with E-state index in [0.717, 1.165) is 23.7 Å². The number of benzene rings is 1. The van der Waals surface area contributed by atoms with Crippen molar-refractivity contribution in [2.75, 3.05) is 0 Å². The summed E-state index contributed by atoms with van der Waals surface area (Å²) >= 11 is 0. The van der Waals surface area contributed by atoms with Crippen LogP contribution in [0.15, 0.2) is 42.6 Å². The van der Waals surface area contributed by atoms with Gasteiger partial charge in [-0.25, -0.2) is 4.68 Å². The van der Waals surface area contributed by atoms with E-state index in [1.54, 1.807) is 0 Å². The quantitative estimate of drug-likeness (QED) is 0.638. The summed E-state index contributed by atoms with van der Waals surface area (Å²) in [5, 5.41) is 4.43. The summed E-state index contributed by atoms with van der Waals surface area (Å²) in [4.78, 5) is 0. The highest BCUT2D eigenvalue weighted by Gasteiger charge is 2.24. The molecule has 1 unspecified atom stereocenters. The van der Waals surface area contributed by atoms with Crippen LogP contribution in [0.5, 0.6) is 0 Å². The van der Waals surface area contributed by atoms with Crippen molar-refractivity contribution >= 4 is 0 Å². The lowest BCUT2D eigenvalue weighted by Gasteiger charge is -2.29. The molecule has 4 heteroatoms. The Hall–Kier alpha value is -1.65. The molecule has 0 bridgehead atoms. The SMILES string of the molecule is NNC(CC1CCC1)c1ccnn1-c1ccccc1. The maximum Gasteiger partial charge on any atom is 0.0649 e. The van der Waals surface area contributed by atoms with Crippen molar-refractivity contribution in [3.05, 3.63) is 48.3 Å². The van der Waals surface area contributed by atoms with Crippen molar-refractivity contribution in [2.45, 2.75) is 31.7 Å². The zero-order valence-electron chi connectivity index (χ0n) is 11.0. The smallest absolute Gasteiger partial charge is 0.0649 e. The van der Waals surface area contributed by atoms with Crippen LogP contribution in [0.4, 0.5) is 0 Å². The number of nitrogens with zero attached hydrogens (tertiary/aromatic N) is 2. The number of hydrogen-bond donors (Lipinski definition) is 2. The van der Waals surface area contributed by atoms with E-state index in [1.165, 1.54) is 19.3 Å². The van der Waals surface area contributed by atoms with Crippen molar-refractivity contribution in [3.8, 4) is 5.69 Å². The minimum atomic E-state index is 0.174. The highest BCUT2D eigenvalue weighted by molar-refractivity contribution is 5.33. The molecule has 2 aromatic rings. The first-order chi connectivity index (χ1) is 9.38. The molecule has 0 aliphatic heterocycles. The summed E-state index contributed by atoms with van der Waals surface area (Å²) in [7, 11) is 0. The highest BCUT2D eigenvalue weighted by Crippen LogP contribution is 2.34. The molecular formula is C15H20N4. The second kappa shape index (κ2) is 5.55. The van der Waals surface area contributed by atoms with Gasteiger partial charge in [0.25, 0.3) is 0 Å². The summed E-state index contributed by atoms with van der Waals surface area (Å²) in [6, 6.07) is 12.4. The van der Waals surface area contributed by atoms with Crippen molar-refractivity contribution in [3.63, 3.8) is 0 Å². The van der Waals surface area contributed by atoms with E-state index in [-0.39, 0.29) is 6.04 Å². The third-order valence-corrected chi connectivity index (χ3v) is 4.02. The molecule has 19 heavy (non-hydrogen) atoms. The Labute approximate surface area is 113 Å². The van der Waals surface area contributed by atoms with Crippen LogP contribution in [0.2, 0.25) is 0 Å². The number of nitrogens with one attached hydrogen (secondary N) is 1. The molecule has 0 radical (unpaired) electrons. The zero-order valence-corrected chi connectivity index (χ0v) is 11.0. The van der Waals surface area contributed by atoms with E-state index in [0.29, 0.717) is 0 Å². The second-order valence-corrected chi connectivity index (χ2v) is 5.26. The minimum absolute atomic E-state index is 0.174. The first-order valence-electron chi connectivity index (χ1n) is 6.94. The molecule has 3 rings (SSSR count). The lowest BCUT2D eigenvalue weighted by molar-refractivity contribution is 0.258. The van der Waals surface area contributed by atoms with Crippen LogP contribution in [-0.2, 0) is 0 Å². The molecule has 1 heterocycles. The number of nitrogens with two attached hydrogens (primary N) is 1. The average Bonchev–Trinajstić information content (AvgIpc) is 2.88. The minimum Gasteiger partial charge on any atom is -0.271 e. The Kier molecular flexibility index (Phi) is 3.62. The van der Waals surface area contributed by atoms with E-state index < -0.39 is 0 Å². The van der Waals surface area contributed by atoms with Crippen LogP contribution >= 0.6 is 0 Å². The summed E-state index contributed by atoms with van der Waals surface area (Å²) in [6.45, 7) is 0. The zero-order chi connectivity index (χ0) is 13.1. The van der Waals surface area contributed by atoms with Crippen LogP contribution in [0.1, 0.15) is 37.4 Å². The van der Waals surface area contributed by atoms with Gasteiger partial charge in [0, 0.05) is 6.20 Å². The molecule has 1 aromatic heterocycles. The Bertz CT molecular complexity index is 516. The lowest BCUT2D eigenvalue weighted by Crippen LogP contribution is -2.32. The molecule has 1 atom stereocenters. The van der Waals surface area contributed by atoms with Crippen LogP contribution in [-0.4, -0.2) is 9.78 Å². The predicted octanol–water partition coefficient (Wildman–Crippen LogP) is 2.57. The first-order valence-corrected chi connectivity index (χ1v) is 6.94. The third kappa shape index (κ3) is 2.55. The Balaban J connectivity index is 1.85. The fraction of sp³-hybridized carbons (Fsp3) is 0.400. The van der Waals surface area contributed by atoms with Crippen molar-refractivity contribution < 1.29 is 0 Å². The van der Waals surface area contributed by atoms with Crippen LogP contribution in [0.25, 0.3) is 5.69 Å². The number of aromatic nitrogens is 2. The molecule has 1 fully saturated rings. The third-order valence-electron chi connectivity index (χ3n) is 4.02. The van der Waals surface area contributed by atoms with E-state index in [9.17, 15) is 0 Å². The van der Waals surface area contributed by atoms with Gasteiger partial charge in [-0.2, -0.15) is 5.10 Å². The van der Waals surface area contributed by atoms with Gasteiger partial charge in [-0.3, -0.25) is 11.3 Å². The number of hydrazine groups is 1. The van der Waals surface area contributed by atoms with Crippen molar-refractivity contribution in [2.24, 2.45) is 11.8 Å². The van der Waals surface area contributed by atoms with Gasteiger partial charge in [-0.1, -0.05) is 37.5 Å². The van der Waals surface area contributed by atoms with E-state index in [2.05, 4.69) is 28.7 Å².